The Morgan fingerprint density at radius 1 is 1.64 bits per heavy atom. The van der Waals surface area contributed by atoms with Gasteiger partial charge in [-0.05, 0) is 29.9 Å². The van der Waals surface area contributed by atoms with E-state index in [-0.39, 0.29) is 6.10 Å². The van der Waals surface area contributed by atoms with Crippen molar-refractivity contribution in [1.29, 1.82) is 0 Å². The third kappa shape index (κ3) is 3.35. The average Bonchev–Trinajstić information content (AvgIpc) is 2.63. The lowest BCUT2D eigenvalue weighted by molar-refractivity contribution is 0.158. The Bertz CT molecular complexity index is 262. The van der Waals surface area contributed by atoms with Crippen LogP contribution in [0.25, 0.3) is 0 Å². The summed E-state index contributed by atoms with van der Waals surface area (Å²) < 4.78 is 5.07. The van der Waals surface area contributed by atoms with E-state index in [0.29, 0.717) is 6.61 Å². The zero-order valence-corrected chi connectivity index (χ0v) is 10.6. The SMILES string of the molecule is COCc1ccsc1C(O)CCCBr. The van der Waals surface area contributed by atoms with Gasteiger partial charge in [0.1, 0.15) is 0 Å². The molecule has 0 aliphatic rings. The summed E-state index contributed by atoms with van der Waals surface area (Å²) in [5, 5.41) is 12.8. The van der Waals surface area contributed by atoms with Crippen molar-refractivity contribution in [3.05, 3.63) is 21.9 Å². The molecule has 1 rings (SSSR count). The number of rotatable bonds is 6. The van der Waals surface area contributed by atoms with Gasteiger partial charge in [-0.3, -0.25) is 0 Å². The van der Waals surface area contributed by atoms with Gasteiger partial charge >= 0.3 is 0 Å². The molecule has 1 heterocycles. The number of methoxy groups -OCH3 is 1. The maximum Gasteiger partial charge on any atom is 0.0885 e. The molecule has 0 radical (unpaired) electrons. The first-order valence-corrected chi connectivity index (χ1v) is 6.59. The zero-order valence-electron chi connectivity index (χ0n) is 8.20. The normalized spacial score (nSPS) is 13.1. The van der Waals surface area contributed by atoms with E-state index in [1.54, 1.807) is 18.4 Å². The van der Waals surface area contributed by atoms with Crippen molar-refractivity contribution >= 4 is 27.3 Å². The topological polar surface area (TPSA) is 29.5 Å². The Labute approximate surface area is 97.0 Å². The number of ether oxygens (including phenoxy) is 1. The van der Waals surface area contributed by atoms with E-state index in [2.05, 4.69) is 15.9 Å². The maximum absolute atomic E-state index is 9.88. The predicted molar refractivity (Wildman–Crippen MR) is 63.0 cm³/mol. The number of hydrogen-bond acceptors (Lipinski definition) is 3. The van der Waals surface area contributed by atoms with Crippen molar-refractivity contribution in [3.63, 3.8) is 0 Å². The average molecular weight is 279 g/mol. The molecule has 80 valence electrons. The molecule has 1 unspecified atom stereocenters. The van der Waals surface area contributed by atoms with Crippen molar-refractivity contribution in [2.24, 2.45) is 0 Å². The summed E-state index contributed by atoms with van der Waals surface area (Å²) in [5.41, 5.74) is 1.11. The Hall–Kier alpha value is 0.1000. The monoisotopic (exact) mass is 278 g/mol. The molecule has 0 aromatic carbocycles. The molecule has 0 spiro atoms. The lowest BCUT2D eigenvalue weighted by Crippen LogP contribution is -1.99. The molecule has 1 atom stereocenters. The van der Waals surface area contributed by atoms with E-state index in [9.17, 15) is 5.11 Å². The maximum atomic E-state index is 9.88. The fourth-order valence-corrected chi connectivity index (χ4v) is 2.57. The van der Waals surface area contributed by atoms with Crippen LogP contribution in [0.3, 0.4) is 0 Å². The number of hydrogen-bond donors (Lipinski definition) is 1. The highest BCUT2D eigenvalue weighted by Gasteiger charge is 2.13. The smallest absolute Gasteiger partial charge is 0.0885 e. The van der Waals surface area contributed by atoms with Crippen molar-refractivity contribution in [2.45, 2.75) is 25.6 Å². The van der Waals surface area contributed by atoms with Crippen LogP contribution in [0, 0.1) is 0 Å². The first-order chi connectivity index (χ1) is 6.79. The highest BCUT2D eigenvalue weighted by atomic mass is 79.9. The minimum atomic E-state index is -0.335. The molecule has 2 nitrogen and oxygen atoms in total. The number of aliphatic hydroxyl groups is 1. The summed E-state index contributed by atoms with van der Waals surface area (Å²) in [5.74, 6) is 0. The number of thiophene rings is 1. The Morgan fingerprint density at radius 3 is 3.07 bits per heavy atom. The molecule has 4 heteroatoms. The Kier molecular flexibility index (Phi) is 5.70. The summed E-state index contributed by atoms with van der Waals surface area (Å²) in [6.07, 6.45) is 1.46. The van der Waals surface area contributed by atoms with Gasteiger partial charge in [-0.2, -0.15) is 0 Å². The second-order valence-electron chi connectivity index (χ2n) is 3.09. The van der Waals surface area contributed by atoms with Gasteiger partial charge in [0.15, 0.2) is 0 Å². The fourth-order valence-electron chi connectivity index (χ4n) is 1.32. The van der Waals surface area contributed by atoms with Gasteiger partial charge in [0.2, 0.25) is 0 Å². The molecule has 0 fully saturated rings. The van der Waals surface area contributed by atoms with E-state index < -0.39 is 0 Å². The first-order valence-electron chi connectivity index (χ1n) is 4.58. The molecule has 1 aromatic heterocycles. The van der Waals surface area contributed by atoms with Crippen LogP contribution in [0.2, 0.25) is 0 Å². The van der Waals surface area contributed by atoms with Crippen LogP contribution >= 0.6 is 27.3 Å². The van der Waals surface area contributed by atoms with Crippen LogP contribution in [0.1, 0.15) is 29.4 Å². The van der Waals surface area contributed by atoms with Crippen molar-refractivity contribution in [1.82, 2.24) is 0 Å². The molecule has 14 heavy (non-hydrogen) atoms. The molecule has 0 amide bonds. The van der Waals surface area contributed by atoms with Crippen LogP contribution in [0.5, 0.6) is 0 Å². The third-order valence-corrected chi connectivity index (χ3v) is 3.62. The zero-order chi connectivity index (χ0) is 10.4. The van der Waals surface area contributed by atoms with Crippen LogP contribution in [-0.4, -0.2) is 17.5 Å². The Morgan fingerprint density at radius 2 is 2.43 bits per heavy atom. The molecule has 0 aliphatic heterocycles. The quantitative estimate of drug-likeness (QED) is 0.811. The second kappa shape index (κ2) is 6.56. The highest BCUT2D eigenvalue weighted by molar-refractivity contribution is 9.09. The summed E-state index contributed by atoms with van der Waals surface area (Å²) in [6, 6.07) is 2.01. The predicted octanol–water partition coefficient (Wildman–Crippen LogP) is 3.10. The summed E-state index contributed by atoms with van der Waals surface area (Å²) >= 11 is 4.96. The molecular formula is C10H15BrO2S. The van der Waals surface area contributed by atoms with Crippen LogP contribution in [0.15, 0.2) is 11.4 Å². The van der Waals surface area contributed by atoms with E-state index in [0.717, 1.165) is 28.6 Å². The molecule has 0 bridgehead atoms. The van der Waals surface area contributed by atoms with Gasteiger partial charge in [0, 0.05) is 17.3 Å². The van der Waals surface area contributed by atoms with Gasteiger partial charge < -0.3 is 9.84 Å². The second-order valence-corrected chi connectivity index (χ2v) is 4.83. The minimum Gasteiger partial charge on any atom is -0.388 e. The third-order valence-electron chi connectivity index (χ3n) is 1.99. The van der Waals surface area contributed by atoms with Crippen molar-refractivity contribution in [3.8, 4) is 0 Å². The number of aliphatic hydroxyl groups excluding tert-OH is 1. The Balaban J connectivity index is 2.58. The van der Waals surface area contributed by atoms with Gasteiger partial charge in [-0.15, -0.1) is 11.3 Å². The lowest BCUT2D eigenvalue weighted by atomic mass is 10.1. The molecule has 1 aromatic rings. The van der Waals surface area contributed by atoms with Gasteiger partial charge in [-0.25, -0.2) is 0 Å². The molecule has 0 aliphatic carbocycles. The number of halogens is 1. The first kappa shape index (κ1) is 12.2. The van der Waals surface area contributed by atoms with Crippen molar-refractivity contribution in [2.75, 3.05) is 12.4 Å². The van der Waals surface area contributed by atoms with E-state index >= 15 is 0 Å². The molecule has 0 saturated carbocycles. The van der Waals surface area contributed by atoms with E-state index in [1.807, 2.05) is 11.4 Å². The van der Waals surface area contributed by atoms with Gasteiger partial charge in [0.25, 0.3) is 0 Å². The molecule has 0 saturated heterocycles. The summed E-state index contributed by atoms with van der Waals surface area (Å²) in [6.45, 7) is 0.588. The summed E-state index contributed by atoms with van der Waals surface area (Å²) in [4.78, 5) is 1.05. The largest absolute Gasteiger partial charge is 0.388 e. The summed E-state index contributed by atoms with van der Waals surface area (Å²) in [7, 11) is 1.67. The van der Waals surface area contributed by atoms with Crippen LogP contribution in [0.4, 0.5) is 0 Å². The minimum absolute atomic E-state index is 0.335. The van der Waals surface area contributed by atoms with E-state index in [1.165, 1.54) is 0 Å². The van der Waals surface area contributed by atoms with Gasteiger partial charge in [-0.1, -0.05) is 15.9 Å². The molecule has 1 N–H and O–H groups in total. The van der Waals surface area contributed by atoms with E-state index in [4.69, 9.17) is 4.74 Å². The standard InChI is InChI=1S/C10H15BrO2S/c1-13-7-8-4-6-14-10(8)9(12)3-2-5-11/h4,6,9,12H,2-3,5,7H2,1H3. The highest BCUT2D eigenvalue weighted by Crippen LogP contribution is 2.28. The van der Waals surface area contributed by atoms with Crippen LogP contribution < -0.4 is 0 Å². The van der Waals surface area contributed by atoms with Crippen molar-refractivity contribution < 1.29 is 9.84 Å². The molecular weight excluding hydrogens is 264 g/mol. The van der Waals surface area contributed by atoms with Crippen LogP contribution in [-0.2, 0) is 11.3 Å². The van der Waals surface area contributed by atoms with Gasteiger partial charge in [0.05, 0.1) is 12.7 Å². The lowest BCUT2D eigenvalue weighted by Gasteiger charge is -2.10. The number of alkyl halides is 1. The fraction of sp³-hybridized carbons (Fsp3) is 0.600.